The summed E-state index contributed by atoms with van der Waals surface area (Å²) in [6.07, 6.45) is 0. The molecule has 0 aliphatic heterocycles. The summed E-state index contributed by atoms with van der Waals surface area (Å²) in [7, 11) is 0. The van der Waals surface area contributed by atoms with E-state index in [9.17, 15) is 19.8 Å². The van der Waals surface area contributed by atoms with Gasteiger partial charge in [-0.05, 0) is 52.0 Å². The van der Waals surface area contributed by atoms with Crippen LogP contribution in [0.25, 0.3) is 0 Å². The van der Waals surface area contributed by atoms with E-state index in [0.29, 0.717) is 0 Å². The van der Waals surface area contributed by atoms with E-state index < -0.39 is 22.9 Å². The number of benzene rings is 2. The molecule has 0 aromatic heterocycles. The monoisotopic (exact) mass is 356 g/mol. The average molecular weight is 356 g/mol. The third-order valence-corrected chi connectivity index (χ3v) is 4.71. The summed E-state index contributed by atoms with van der Waals surface area (Å²) in [4.78, 5) is 25.0. The number of para-hydroxylation sites is 2. The van der Waals surface area contributed by atoms with E-state index in [-0.39, 0.29) is 22.6 Å². The smallest absolute Gasteiger partial charge is 0.255 e. The molecule has 0 aliphatic rings. The summed E-state index contributed by atoms with van der Waals surface area (Å²) in [5.41, 5.74) is -1.40. The molecular formula is C20H24N2O4. The Morgan fingerprint density at radius 1 is 0.692 bits per heavy atom. The number of aromatic hydroxyl groups is 2. The van der Waals surface area contributed by atoms with Crippen molar-refractivity contribution in [3.05, 3.63) is 59.7 Å². The van der Waals surface area contributed by atoms with Gasteiger partial charge in [-0.25, -0.2) is 0 Å². The molecule has 0 bridgehead atoms. The number of phenols is 2. The first kappa shape index (κ1) is 19.3. The van der Waals surface area contributed by atoms with Crippen molar-refractivity contribution in [2.45, 2.75) is 38.8 Å². The summed E-state index contributed by atoms with van der Waals surface area (Å²) >= 11 is 0. The lowest BCUT2D eigenvalue weighted by atomic mass is 9.81. The molecular weight excluding hydrogens is 332 g/mol. The highest BCUT2D eigenvalue weighted by Crippen LogP contribution is 2.25. The van der Waals surface area contributed by atoms with E-state index in [4.69, 9.17) is 0 Å². The Balaban J connectivity index is 2.18. The second kappa shape index (κ2) is 7.07. The van der Waals surface area contributed by atoms with Crippen molar-refractivity contribution in [1.29, 1.82) is 0 Å². The van der Waals surface area contributed by atoms with Gasteiger partial charge in [0.05, 0.1) is 22.2 Å². The second-order valence-corrected chi connectivity index (χ2v) is 7.19. The minimum atomic E-state index is -0.855. The maximum atomic E-state index is 12.5. The van der Waals surface area contributed by atoms with Crippen LogP contribution in [-0.4, -0.2) is 33.1 Å². The van der Waals surface area contributed by atoms with Gasteiger partial charge in [0, 0.05) is 0 Å². The molecule has 2 rings (SSSR count). The van der Waals surface area contributed by atoms with Gasteiger partial charge in [0.25, 0.3) is 11.8 Å². The molecule has 2 aromatic rings. The first-order valence-corrected chi connectivity index (χ1v) is 8.26. The number of hydrogen-bond acceptors (Lipinski definition) is 4. The summed E-state index contributed by atoms with van der Waals surface area (Å²) in [5, 5.41) is 25.4. The van der Waals surface area contributed by atoms with Crippen molar-refractivity contribution >= 4 is 11.8 Å². The molecule has 0 spiro atoms. The lowest BCUT2D eigenvalue weighted by Gasteiger charge is -2.42. The van der Waals surface area contributed by atoms with Crippen LogP contribution < -0.4 is 10.6 Å². The van der Waals surface area contributed by atoms with Crippen molar-refractivity contribution in [2.75, 3.05) is 0 Å². The van der Waals surface area contributed by atoms with Crippen molar-refractivity contribution in [1.82, 2.24) is 10.6 Å². The van der Waals surface area contributed by atoms with Gasteiger partial charge in [0.1, 0.15) is 11.5 Å². The Kier molecular flexibility index (Phi) is 5.25. The highest BCUT2D eigenvalue weighted by Gasteiger charge is 2.40. The number of carbonyl (C=O) groups excluding carboxylic acids is 2. The van der Waals surface area contributed by atoms with Crippen LogP contribution in [0.3, 0.4) is 0 Å². The largest absolute Gasteiger partial charge is 0.507 e. The highest BCUT2D eigenvalue weighted by molar-refractivity contribution is 5.98. The molecule has 0 atom stereocenters. The van der Waals surface area contributed by atoms with Crippen molar-refractivity contribution < 1.29 is 19.8 Å². The number of phenolic OH excluding ortho intramolecular Hbond substituents is 2. The Bertz CT molecular complexity index is 759. The molecule has 2 amide bonds. The molecule has 6 nitrogen and oxygen atoms in total. The Morgan fingerprint density at radius 3 is 1.31 bits per heavy atom. The van der Waals surface area contributed by atoms with E-state index in [1.54, 1.807) is 52.0 Å². The summed E-state index contributed by atoms with van der Waals surface area (Å²) in [6.45, 7) is 7.10. The van der Waals surface area contributed by atoms with E-state index in [1.165, 1.54) is 24.3 Å². The second-order valence-electron chi connectivity index (χ2n) is 7.19. The highest BCUT2D eigenvalue weighted by atomic mass is 16.3. The van der Waals surface area contributed by atoms with Gasteiger partial charge in [-0.1, -0.05) is 24.3 Å². The maximum absolute atomic E-state index is 12.5. The molecule has 26 heavy (non-hydrogen) atoms. The zero-order valence-electron chi connectivity index (χ0n) is 15.3. The van der Waals surface area contributed by atoms with Crippen LogP contribution in [0.2, 0.25) is 0 Å². The van der Waals surface area contributed by atoms with E-state index >= 15 is 0 Å². The molecule has 0 radical (unpaired) electrons. The average Bonchev–Trinajstić information content (AvgIpc) is 2.54. The fourth-order valence-electron chi connectivity index (χ4n) is 2.35. The van der Waals surface area contributed by atoms with Crippen molar-refractivity contribution in [2.24, 2.45) is 0 Å². The number of nitrogens with one attached hydrogen (secondary N) is 2. The first-order valence-electron chi connectivity index (χ1n) is 8.26. The lowest BCUT2D eigenvalue weighted by Crippen LogP contribution is -2.65. The third-order valence-electron chi connectivity index (χ3n) is 4.71. The Morgan fingerprint density at radius 2 is 1.00 bits per heavy atom. The molecule has 138 valence electrons. The molecule has 0 unspecified atom stereocenters. The van der Waals surface area contributed by atoms with Crippen LogP contribution in [-0.2, 0) is 0 Å². The fourth-order valence-corrected chi connectivity index (χ4v) is 2.35. The van der Waals surface area contributed by atoms with Crippen LogP contribution in [0.1, 0.15) is 48.4 Å². The molecule has 2 aromatic carbocycles. The van der Waals surface area contributed by atoms with Crippen LogP contribution in [0.4, 0.5) is 0 Å². The molecule has 0 aliphatic carbocycles. The number of hydrogen-bond donors (Lipinski definition) is 4. The normalized spacial score (nSPS) is 11.7. The summed E-state index contributed by atoms with van der Waals surface area (Å²) in [5.74, 6) is -1.12. The van der Waals surface area contributed by atoms with Gasteiger partial charge < -0.3 is 20.8 Å². The van der Waals surface area contributed by atoms with E-state index in [1.807, 2.05) is 0 Å². The zero-order valence-corrected chi connectivity index (χ0v) is 15.3. The molecule has 0 heterocycles. The summed E-state index contributed by atoms with van der Waals surface area (Å²) in [6, 6.07) is 12.5. The molecule has 0 fully saturated rings. The SMILES string of the molecule is CC(C)(NC(=O)c1ccccc1O)C(C)(C)NC(=O)c1ccccc1O. The molecule has 6 heteroatoms. The maximum Gasteiger partial charge on any atom is 0.255 e. The van der Waals surface area contributed by atoms with Gasteiger partial charge in [0.15, 0.2) is 0 Å². The molecule has 0 saturated heterocycles. The molecule has 0 saturated carbocycles. The van der Waals surface area contributed by atoms with Gasteiger partial charge in [-0.3, -0.25) is 9.59 Å². The lowest BCUT2D eigenvalue weighted by molar-refractivity contribution is 0.0768. The first-order chi connectivity index (χ1) is 12.0. The Hall–Kier alpha value is -3.02. The minimum Gasteiger partial charge on any atom is -0.507 e. The summed E-state index contributed by atoms with van der Waals surface area (Å²) < 4.78 is 0. The van der Waals surface area contributed by atoms with Crippen molar-refractivity contribution in [3.63, 3.8) is 0 Å². The van der Waals surface area contributed by atoms with Crippen LogP contribution in [0, 0.1) is 0 Å². The van der Waals surface area contributed by atoms with Crippen LogP contribution >= 0.6 is 0 Å². The Labute approximate surface area is 152 Å². The standard InChI is InChI=1S/C20H24N2O4/c1-19(2,21-17(25)13-9-5-7-11-15(13)23)20(3,4)22-18(26)14-10-6-8-12-16(14)24/h5-12,23-24H,1-4H3,(H,21,25)(H,22,26). The quantitative estimate of drug-likeness (QED) is 0.662. The number of rotatable bonds is 5. The predicted octanol–water partition coefficient (Wildman–Crippen LogP) is 2.81. The van der Waals surface area contributed by atoms with Gasteiger partial charge in [-0.2, -0.15) is 0 Å². The van der Waals surface area contributed by atoms with E-state index in [2.05, 4.69) is 10.6 Å². The van der Waals surface area contributed by atoms with Gasteiger partial charge >= 0.3 is 0 Å². The van der Waals surface area contributed by atoms with E-state index in [0.717, 1.165) is 0 Å². The minimum absolute atomic E-state index is 0.114. The fraction of sp³-hybridized carbons (Fsp3) is 0.300. The zero-order chi connectivity index (χ0) is 19.5. The predicted molar refractivity (Wildman–Crippen MR) is 99.3 cm³/mol. The topological polar surface area (TPSA) is 98.7 Å². The number of carbonyl (C=O) groups is 2. The van der Waals surface area contributed by atoms with Crippen molar-refractivity contribution in [3.8, 4) is 11.5 Å². The van der Waals surface area contributed by atoms with Crippen LogP contribution in [0.15, 0.2) is 48.5 Å². The molecule has 4 N–H and O–H groups in total. The number of amides is 2. The third kappa shape index (κ3) is 3.96. The van der Waals surface area contributed by atoms with Gasteiger partial charge in [-0.15, -0.1) is 0 Å². The van der Waals surface area contributed by atoms with Gasteiger partial charge in [0.2, 0.25) is 0 Å². The van der Waals surface area contributed by atoms with Crippen LogP contribution in [0.5, 0.6) is 11.5 Å².